The molecule has 5 nitrogen and oxygen atoms in total. The van der Waals surface area contributed by atoms with Gasteiger partial charge in [-0.1, -0.05) is 13.8 Å². The first kappa shape index (κ1) is 12.5. The van der Waals surface area contributed by atoms with Gasteiger partial charge in [0.05, 0.1) is 13.2 Å². The Balaban J connectivity index is 1.98. The molecule has 0 unspecified atom stereocenters. The summed E-state index contributed by atoms with van der Waals surface area (Å²) in [5, 5.41) is 13.3. The number of rotatable bonds is 7. The van der Waals surface area contributed by atoms with Crippen LogP contribution in [0.5, 0.6) is 0 Å². The van der Waals surface area contributed by atoms with Gasteiger partial charge in [-0.2, -0.15) is 5.10 Å². The molecule has 1 fully saturated rings. The normalized spacial score (nSPS) is 16.1. The lowest BCUT2D eigenvalue weighted by Crippen LogP contribution is -2.30. The molecule has 1 aliphatic carbocycles. The number of aliphatic hydroxyl groups excluding tert-OH is 1. The summed E-state index contributed by atoms with van der Waals surface area (Å²) in [6, 6.07) is 0.645. The molecule has 0 aliphatic heterocycles. The van der Waals surface area contributed by atoms with Gasteiger partial charge < -0.3 is 5.11 Å². The first-order chi connectivity index (χ1) is 8.20. The first-order valence-corrected chi connectivity index (χ1v) is 6.42. The molecular formula is C12H22N4O. The van der Waals surface area contributed by atoms with Crippen LogP contribution in [0.3, 0.4) is 0 Å². The Labute approximate surface area is 102 Å². The molecule has 1 aromatic heterocycles. The second kappa shape index (κ2) is 5.60. The van der Waals surface area contributed by atoms with Gasteiger partial charge in [0.15, 0.2) is 0 Å². The highest BCUT2D eigenvalue weighted by Gasteiger charge is 2.29. The van der Waals surface area contributed by atoms with Crippen LogP contribution in [0.2, 0.25) is 0 Å². The third-order valence-electron chi connectivity index (χ3n) is 3.03. The highest BCUT2D eigenvalue weighted by Crippen LogP contribution is 2.27. The van der Waals surface area contributed by atoms with Crippen LogP contribution in [0, 0.1) is 5.92 Å². The van der Waals surface area contributed by atoms with Gasteiger partial charge in [-0.15, -0.1) is 0 Å². The Hall–Kier alpha value is -0.940. The Morgan fingerprint density at radius 2 is 2.29 bits per heavy atom. The monoisotopic (exact) mass is 238 g/mol. The fourth-order valence-electron chi connectivity index (χ4n) is 2.05. The summed E-state index contributed by atoms with van der Waals surface area (Å²) < 4.78 is 1.98. The van der Waals surface area contributed by atoms with E-state index >= 15 is 0 Å². The summed E-state index contributed by atoms with van der Waals surface area (Å²) in [7, 11) is 0. The zero-order valence-corrected chi connectivity index (χ0v) is 10.7. The van der Waals surface area contributed by atoms with E-state index in [1.165, 1.54) is 12.8 Å². The smallest absolute Gasteiger partial charge is 0.141 e. The molecule has 0 aromatic carbocycles. The van der Waals surface area contributed by atoms with Crippen LogP contribution in [0.25, 0.3) is 0 Å². The SMILES string of the molecule is CC(C)Cn1ncnc1CN(CCO)C1CC1. The topological polar surface area (TPSA) is 54.2 Å². The fraction of sp³-hybridized carbons (Fsp3) is 0.833. The van der Waals surface area contributed by atoms with Crippen molar-refractivity contribution in [3.63, 3.8) is 0 Å². The lowest BCUT2D eigenvalue weighted by molar-refractivity contribution is 0.177. The third kappa shape index (κ3) is 3.51. The second-order valence-electron chi connectivity index (χ2n) is 5.18. The summed E-state index contributed by atoms with van der Waals surface area (Å²) >= 11 is 0. The Morgan fingerprint density at radius 1 is 1.53 bits per heavy atom. The average Bonchev–Trinajstić information content (AvgIpc) is 3.02. The molecule has 96 valence electrons. The number of aliphatic hydroxyl groups is 1. The van der Waals surface area contributed by atoms with Crippen LogP contribution in [0.1, 0.15) is 32.5 Å². The zero-order valence-electron chi connectivity index (χ0n) is 10.7. The highest BCUT2D eigenvalue weighted by atomic mass is 16.3. The van der Waals surface area contributed by atoms with Gasteiger partial charge in [0.25, 0.3) is 0 Å². The predicted octanol–water partition coefficient (Wildman–Crippen LogP) is 0.891. The Morgan fingerprint density at radius 3 is 2.88 bits per heavy atom. The second-order valence-corrected chi connectivity index (χ2v) is 5.18. The minimum absolute atomic E-state index is 0.217. The molecule has 0 amide bonds. The van der Waals surface area contributed by atoms with Crippen molar-refractivity contribution in [2.45, 2.75) is 45.8 Å². The highest BCUT2D eigenvalue weighted by molar-refractivity contribution is 4.91. The molecule has 0 bridgehead atoms. The Kier molecular flexibility index (Phi) is 4.12. The van der Waals surface area contributed by atoms with E-state index in [4.69, 9.17) is 5.11 Å². The minimum Gasteiger partial charge on any atom is -0.395 e. The number of hydrogen-bond donors (Lipinski definition) is 1. The van der Waals surface area contributed by atoms with Crippen LogP contribution < -0.4 is 0 Å². The minimum atomic E-state index is 0.217. The van der Waals surface area contributed by atoms with Gasteiger partial charge in [-0.3, -0.25) is 4.90 Å². The summed E-state index contributed by atoms with van der Waals surface area (Å²) in [6.07, 6.45) is 4.12. The van der Waals surface area contributed by atoms with Crippen LogP contribution >= 0.6 is 0 Å². The first-order valence-electron chi connectivity index (χ1n) is 6.42. The lowest BCUT2D eigenvalue weighted by atomic mass is 10.2. The van der Waals surface area contributed by atoms with Gasteiger partial charge in [-0.05, 0) is 18.8 Å². The van der Waals surface area contributed by atoms with E-state index < -0.39 is 0 Å². The van der Waals surface area contributed by atoms with Crippen molar-refractivity contribution in [1.29, 1.82) is 0 Å². The molecule has 1 saturated carbocycles. The van der Waals surface area contributed by atoms with E-state index in [1.54, 1.807) is 6.33 Å². The van der Waals surface area contributed by atoms with Crippen LogP contribution in [-0.2, 0) is 13.1 Å². The van der Waals surface area contributed by atoms with Crippen molar-refractivity contribution in [3.05, 3.63) is 12.2 Å². The molecule has 2 rings (SSSR count). The van der Waals surface area contributed by atoms with E-state index in [1.807, 2.05) is 4.68 Å². The van der Waals surface area contributed by atoms with Gasteiger partial charge in [0, 0.05) is 19.1 Å². The molecule has 0 spiro atoms. The molecule has 1 aromatic rings. The standard InChI is InChI=1S/C12H22N4O/c1-10(2)7-16-12(13-9-14-16)8-15(5-6-17)11-3-4-11/h9-11,17H,3-8H2,1-2H3. The van der Waals surface area contributed by atoms with Crippen molar-refractivity contribution in [2.24, 2.45) is 5.92 Å². The van der Waals surface area contributed by atoms with Crippen LogP contribution in [-0.4, -0.2) is 44.0 Å². The Bertz CT molecular complexity index is 346. The quantitative estimate of drug-likeness (QED) is 0.766. The zero-order chi connectivity index (χ0) is 12.3. The van der Waals surface area contributed by atoms with Crippen LogP contribution in [0.15, 0.2) is 6.33 Å². The molecular weight excluding hydrogens is 216 g/mol. The summed E-state index contributed by atoms with van der Waals surface area (Å²) in [4.78, 5) is 6.64. The predicted molar refractivity (Wildman–Crippen MR) is 65.4 cm³/mol. The molecule has 0 atom stereocenters. The molecule has 1 N–H and O–H groups in total. The molecule has 0 radical (unpaired) electrons. The van der Waals surface area contributed by atoms with Crippen molar-refractivity contribution < 1.29 is 5.11 Å². The van der Waals surface area contributed by atoms with E-state index in [0.717, 1.165) is 25.5 Å². The van der Waals surface area contributed by atoms with Gasteiger partial charge in [0.1, 0.15) is 12.2 Å². The molecule has 5 heteroatoms. The average molecular weight is 238 g/mol. The molecule has 1 aliphatic rings. The van der Waals surface area contributed by atoms with Gasteiger partial charge in [-0.25, -0.2) is 9.67 Å². The van der Waals surface area contributed by atoms with Crippen molar-refractivity contribution in [2.75, 3.05) is 13.2 Å². The largest absolute Gasteiger partial charge is 0.395 e. The summed E-state index contributed by atoms with van der Waals surface area (Å²) in [6.45, 7) is 7.02. The van der Waals surface area contributed by atoms with Gasteiger partial charge in [0.2, 0.25) is 0 Å². The van der Waals surface area contributed by atoms with Gasteiger partial charge >= 0.3 is 0 Å². The lowest BCUT2D eigenvalue weighted by Gasteiger charge is -2.20. The fourth-order valence-corrected chi connectivity index (χ4v) is 2.05. The maximum atomic E-state index is 9.07. The number of nitrogens with zero attached hydrogens (tertiary/aromatic N) is 4. The third-order valence-corrected chi connectivity index (χ3v) is 3.03. The number of hydrogen-bond acceptors (Lipinski definition) is 4. The maximum absolute atomic E-state index is 9.07. The molecule has 1 heterocycles. The van der Waals surface area contributed by atoms with E-state index in [9.17, 15) is 0 Å². The van der Waals surface area contributed by atoms with Crippen molar-refractivity contribution in [3.8, 4) is 0 Å². The maximum Gasteiger partial charge on any atom is 0.141 e. The van der Waals surface area contributed by atoms with Crippen LogP contribution in [0.4, 0.5) is 0 Å². The summed E-state index contributed by atoms with van der Waals surface area (Å²) in [5.74, 6) is 1.58. The van der Waals surface area contributed by atoms with Crippen molar-refractivity contribution >= 4 is 0 Å². The molecule has 0 saturated heterocycles. The summed E-state index contributed by atoms with van der Waals surface area (Å²) in [5.41, 5.74) is 0. The molecule has 17 heavy (non-hydrogen) atoms. The van der Waals surface area contributed by atoms with Crippen molar-refractivity contribution in [1.82, 2.24) is 19.7 Å². The van der Waals surface area contributed by atoms with E-state index in [2.05, 4.69) is 28.8 Å². The van der Waals surface area contributed by atoms with E-state index in [-0.39, 0.29) is 6.61 Å². The number of aromatic nitrogens is 3. The van der Waals surface area contributed by atoms with E-state index in [0.29, 0.717) is 12.0 Å².